The van der Waals surface area contributed by atoms with E-state index in [1.165, 1.54) is 21.4 Å². The Morgan fingerprint density at radius 2 is 1.22 bits per heavy atom. The Labute approximate surface area is 165 Å². The van der Waals surface area contributed by atoms with E-state index in [1.54, 1.807) is 0 Å². The first kappa shape index (κ1) is 20.1. The van der Waals surface area contributed by atoms with Crippen molar-refractivity contribution < 1.29 is 9.31 Å². The molecule has 0 bridgehead atoms. The van der Waals surface area contributed by atoms with Gasteiger partial charge in [-0.3, -0.25) is 0 Å². The fraction of sp³-hybridized carbons (Fsp3) is 0.391. The molecule has 142 valence electrons. The van der Waals surface area contributed by atoms with Gasteiger partial charge in [0.1, 0.15) is 8.07 Å². The monoisotopic (exact) mass is 378 g/mol. The lowest BCUT2D eigenvalue weighted by molar-refractivity contribution is 0.00578. The minimum absolute atomic E-state index is 0.351. The summed E-state index contributed by atoms with van der Waals surface area (Å²) >= 11 is 0. The van der Waals surface area contributed by atoms with Crippen LogP contribution in [0.3, 0.4) is 0 Å². The standard InChI is InChI=1S/C23H31BO2Si/c1-18(27(6,7)20-16-12-9-13-17-20)21(19-14-10-8-11-15-19)24-25-22(2,3)23(4,5)26-24/h8-17H,1-7H3/b21-18-. The maximum atomic E-state index is 6.47. The molecular formula is C23H31BO2Si. The van der Waals surface area contributed by atoms with Crippen LogP contribution in [-0.2, 0) is 9.31 Å². The van der Waals surface area contributed by atoms with Crippen LogP contribution in [0.4, 0.5) is 0 Å². The highest BCUT2D eigenvalue weighted by molar-refractivity contribution is 6.98. The summed E-state index contributed by atoms with van der Waals surface area (Å²) in [5, 5.41) is 2.82. The summed E-state index contributed by atoms with van der Waals surface area (Å²) in [6.07, 6.45) is 0. The van der Waals surface area contributed by atoms with Crippen LogP contribution < -0.4 is 5.19 Å². The van der Waals surface area contributed by atoms with Crippen molar-refractivity contribution in [1.29, 1.82) is 0 Å². The smallest absolute Gasteiger partial charge is 0.399 e. The molecule has 4 heteroatoms. The molecule has 0 amide bonds. The van der Waals surface area contributed by atoms with Crippen molar-refractivity contribution in [3.05, 3.63) is 71.4 Å². The van der Waals surface area contributed by atoms with Crippen molar-refractivity contribution >= 4 is 25.9 Å². The van der Waals surface area contributed by atoms with Crippen molar-refractivity contribution in [3.8, 4) is 0 Å². The maximum Gasteiger partial charge on any atom is 0.495 e. The molecule has 0 aromatic heterocycles. The van der Waals surface area contributed by atoms with E-state index in [-0.39, 0.29) is 18.3 Å². The first-order valence-corrected chi connectivity index (χ1v) is 12.7. The fourth-order valence-electron chi connectivity index (χ4n) is 3.52. The molecule has 1 aliphatic heterocycles. The van der Waals surface area contributed by atoms with E-state index in [1.807, 2.05) is 0 Å². The van der Waals surface area contributed by atoms with Crippen LogP contribution in [0.5, 0.6) is 0 Å². The molecule has 1 aliphatic rings. The predicted octanol–water partition coefficient (Wildman–Crippen LogP) is 5.25. The zero-order chi connectivity index (χ0) is 19.9. The van der Waals surface area contributed by atoms with E-state index in [9.17, 15) is 0 Å². The lowest BCUT2D eigenvalue weighted by Gasteiger charge is -2.32. The van der Waals surface area contributed by atoms with E-state index < -0.39 is 8.07 Å². The second-order valence-electron chi connectivity index (χ2n) is 8.98. The molecule has 1 fully saturated rings. The van der Waals surface area contributed by atoms with Crippen molar-refractivity contribution in [2.45, 2.75) is 58.9 Å². The zero-order valence-electron chi connectivity index (χ0n) is 17.7. The van der Waals surface area contributed by atoms with Gasteiger partial charge in [-0.1, -0.05) is 84.1 Å². The third-order valence-electron chi connectivity index (χ3n) is 6.41. The number of rotatable bonds is 4. The summed E-state index contributed by atoms with van der Waals surface area (Å²) in [4.78, 5) is 0. The third-order valence-corrected chi connectivity index (χ3v) is 10.3. The van der Waals surface area contributed by atoms with E-state index in [4.69, 9.17) is 9.31 Å². The van der Waals surface area contributed by atoms with Crippen LogP contribution in [0.2, 0.25) is 13.1 Å². The third kappa shape index (κ3) is 3.71. The van der Waals surface area contributed by atoms with Gasteiger partial charge in [-0.2, -0.15) is 0 Å². The molecule has 2 nitrogen and oxygen atoms in total. The van der Waals surface area contributed by atoms with Crippen molar-refractivity contribution in [3.63, 3.8) is 0 Å². The van der Waals surface area contributed by atoms with Gasteiger partial charge in [0.2, 0.25) is 0 Å². The summed E-state index contributed by atoms with van der Waals surface area (Å²) in [5.74, 6) is 0. The molecule has 0 unspecified atom stereocenters. The SMILES string of the molecule is C/C(=C(/B1OC(C)(C)C(C)(C)O1)c1ccccc1)[Si](C)(C)c1ccccc1. The van der Waals surface area contributed by atoms with E-state index in [2.05, 4.69) is 108 Å². The van der Waals surface area contributed by atoms with Gasteiger partial charge in [-0.15, -0.1) is 0 Å². The first-order chi connectivity index (χ1) is 12.6. The van der Waals surface area contributed by atoms with Gasteiger partial charge in [0.15, 0.2) is 0 Å². The minimum Gasteiger partial charge on any atom is -0.399 e. The molecule has 2 aromatic carbocycles. The van der Waals surface area contributed by atoms with E-state index in [0.29, 0.717) is 0 Å². The lowest BCUT2D eigenvalue weighted by Crippen LogP contribution is -2.44. The van der Waals surface area contributed by atoms with Gasteiger partial charge in [-0.25, -0.2) is 0 Å². The van der Waals surface area contributed by atoms with Gasteiger partial charge in [0, 0.05) is 0 Å². The van der Waals surface area contributed by atoms with Crippen LogP contribution in [0.1, 0.15) is 40.2 Å². The summed E-state index contributed by atoms with van der Waals surface area (Å²) in [6.45, 7) is 15.6. The van der Waals surface area contributed by atoms with Gasteiger partial charge in [0.25, 0.3) is 0 Å². The Hall–Kier alpha value is -1.62. The average molecular weight is 378 g/mol. The maximum absolute atomic E-state index is 6.47. The molecule has 0 radical (unpaired) electrons. The molecule has 3 rings (SSSR count). The largest absolute Gasteiger partial charge is 0.495 e. The molecule has 0 spiro atoms. The molecule has 2 aromatic rings. The Bertz CT molecular complexity index is 810. The second kappa shape index (κ2) is 7.08. The van der Waals surface area contributed by atoms with Gasteiger partial charge >= 0.3 is 7.12 Å². The first-order valence-electron chi connectivity index (χ1n) is 9.74. The molecule has 1 heterocycles. The van der Waals surface area contributed by atoms with Crippen LogP contribution >= 0.6 is 0 Å². The van der Waals surface area contributed by atoms with Gasteiger partial charge < -0.3 is 9.31 Å². The Balaban J connectivity index is 2.15. The normalized spacial score (nSPS) is 19.7. The summed E-state index contributed by atoms with van der Waals surface area (Å²) in [5.41, 5.74) is 1.67. The molecular weight excluding hydrogens is 347 g/mol. The van der Waals surface area contributed by atoms with Gasteiger partial charge in [0.05, 0.1) is 11.2 Å². The average Bonchev–Trinajstić information content (AvgIpc) is 2.84. The van der Waals surface area contributed by atoms with Crippen molar-refractivity contribution in [2.24, 2.45) is 0 Å². The van der Waals surface area contributed by atoms with Crippen LogP contribution in [-0.4, -0.2) is 26.4 Å². The number of allylic oxidation sites excluding steroid dienone is 1. The molecule has 1 saturated heterocycles. The molecule has 0 saturated carbocycles. The van der Waals surface area contributed by atoms with Crippen molar-refractivity contribution in [1.82, 2.24) is 0 Å². The highest BCUT2D eigenvalue weighted by Gasteiger charge is 2.53. The van der Waals surface area contributed by atoms with Gasteiger partial charge in [-0.05, 0) is 45.7 Å². The fourth-order valence-corrected chi connectivity index (χ4v) is 5.91. The predicted molar refractivity (Wildman–Crippen MR) is 119 cm³/mol. The Morgan fingerprint density at radius 1 is 0.778 bits per heavy atom. The number of benzene rings is 2. The van der Waals surface area contributed by atoms with Crippen molar-refractivity contribution in [2.75, 3.05) is 0 Å². The van der Waals surface area contributed by atoms with E-state index >= 15 is 0 Å². The number of hydrogen-bond donors (Lipinski definition) is 0. The highest BCUT2D eigenvalue weighted by atomic mass is 28.3. The highest BCUT2D eigenvalue weighted by Crippen LogP contribution is 2.42. The Kier molecular flexibility index (Phi) is 5.28. The van der Waals surface area contributed by atoms with Crippen LogP contribution in [0.15, 0.2) is 65.9 Å². The quantitative estimate of drug-likeness (QED) is 0.677. The summed E-state index contributed by atoms with van der Waals surface area (Å²) in [6, 6.07) is 21.4. The molecule has 0 atom stereocenters. The minimum atomic E-state index is -1.87. The number of hydrogen-bond acceptors (Lipinski definition) is 2. The zero-order valence-corrected chi connectivity index (χ0v) is 18.7. The van der Waals surface area contributed by atoms with Crippen LogP contribution in [0, 0.1) is 0 Å². The van der Waals surface area contributed by atoms with Crippen LogP contribution in [0.25, 0.3) is 5.47 Å². The summed E-state index contributed by atoms with van der Waals surface area (Å²) < 4.78 is 12.9. The Morgan fingerprint density at radius 3 is 1.70 bits per heavy atom. The van der Waals surface area contributed by atoms with E-state index in [0.717, 1.165) is 0 Å². The molecule has 27 heavy (non-hydrogen) atoms. The molecule has 0 N–H and O–H groups in total. The topological polar surface area (TPSA) is 18.5 Å². The lowest BCUT2D eigenvalue weighted by atomic mass is 9.73. The molecule has 0 aliphatic carbocycles. The second-order valence-corrected chi connectivity index (χ2v) is 13.6. The summed E-state index contributed by atoms with van der Waals surface area (Å²) in [7, 11) is -2.22.